The van der Waals surface area contributed by atoms with Gasteiger partial charge < -0.3 is 10.2 Å². The molecule has 0 unspecified atom stereocenters. The zero-order valence-corrected chi connectivity index (χ0v) is 17.1. The second-order valence-electron chi connectivity index (χ2n) is 7.08. The molecule has 3 heterocycles. The zero-order valence-electron chi connectivity index (χ0n) is 16.3. The fraction of sp³-hybridized carbons (Fsp3) is 0.227. The molecule has 5 nitrogen and oxygen atoms in total. The Bertz CT molecular complexity index is 1090. The first-order valence-electron chi connectivity index (χ1n) is 9.23. The van der Waals surface area contributed by atoms with Gasteiger partial charge in [-0.2, -0.15) is 0 Å². The number of pyridine rings is 1. The fourth-order valence-corrected chi connectivity index (χ4v) is 4.14. The molecular weight excluding hydrogens is 366 g/mol. The van der Waals surface area contributed by atoms with E-state index in [2.05, 4.69) is 51.8 Å². The first-order chi connectivity index (χ1) is 13.6. The van der Waals surface area contributed by atoms with E-state index in [1.807, 2.05) is 38.6 Å². The largest absolute Gasteiger partial charge is 0.365 e. The van der Waals surface area contributed by atoms with Gasteiger partial charge in [0.1, 0.15) is 16.5 Å². The number of hydrogen-bond acceptors (Lipinski definition) is 6. The van der Waals surface area contributed by atoms with Gasteiger partial charge in [-0.1, -0.05) is 30.3 Å². The summed E-state index contributed by atoms with van der Waals surface area (Å²) in [5.74, 6) is 1.71. The van der Waals surface area contributed by atoms with Crippen LogP contribution in [0.15, 0.2) is 54.2 Å². The summed E-state index contributed by atoms with van der Waals surface area (Å²) in [4.78, 5) is 17.0. The van der Waals surface area contributed by atoms with Crippen molar-refractivity contribution in [3.8, 4) is 11.1 Å². The minimum absolute atomic E-state index is 0.700. The molecule has 0 radical (unpaired) electrons. The van der Waals surface area contributed by atoms with Crippen molar-refractivity contribution in [3.05, 3.63) is 71.1 Å². The number of nitrogens with zero attached hydrogens (tertiary/aromatic N) is 4. The van der Waals surface area contributed by atoms with Crippen molar-refractivity contribution in [2.45, 2.75) is 20.0 Å². The number of aryl methyl sites for hydroxylation is 1. The predicted molar refractivity (Wildman–Crippen MR) is 117 cm³/mol. The Morgan fingerprint density at radius 1 is 1.07 bits per heavy atom. The Morgan fingerprint density at radius 3 is 2.64 bits per heavy atom. The summed E-state index contributed by atoms with van der Waals surface area (Å²) < 4.78 is 0. The first-order valence-corrected chi connectivity index (χ1v) is 10.1. The summed E-state index contributed by atoms with van der Waals surface area (Å²) in [5, 5.41) is 6.83. The molecule has 0 bridgehead atoms. The average molecular weight is 390 g/mol. The predicted octanol–water partition coefficient (Wildman–Crippen LogP) is 4.74. The van der Waals surface area contributed by atoms with Crippen LogP contribution in [0.4, 0.5) is 5.82 Å². The monoisotopic (exact) mass is 389 g/mol. The van der Waals surface area contributed by atoms with Gasteiger partial charge >= 0.3 is 0 Å². The van der Waals surface area contributed by atoms with Crippen LogP contribution in [-0.2, 0) is 13.1 Å². The Balaban J connectivity index is 1.78. The van der Waals surface area contributed by atoms with Crippen LogP contribution in [0.5, 0.6) is 0 Å². The van der Waals surface area contributed by atoms with E-state index < -0.39 is 0 Å². The molecule has 0 spiro atoms. The van der Waals surface area contributed by atoms with Gasteiger partial charge in [-0.25, -0.2) is 9.97 Å². The maximum Gasteiger partial charge on any atom is 0.146 e. The molecule has 142 valence electrons. The van der Waals surface area contributed by atoms with Crippen LogP contribution < -0.4 is 5.32 Å². The molecule has 1 N–H and O–H groups in total. The maximum atomic E-state index is 4.87. The number of thiophene rings is 1. The van der Waals surface area contributed by atoms with Crippen molar-refractivity contribution in [2.75, 3.05) is 19.4 Å². The number of hydrogen-bond donors (Lipinski definition) is 1. The minimum Gasteiger partial charge on any atom is -0.365 e. The Hall–Kier alpha value is -2.83. The van der Waals surface area contributed by atoms with Gasteiger partial charge in [0.25, 0.3) is 0 Å². The Morgan fingerprint density at radius 2 is 1.89 bits per heavy atom. The van der Waals surface area contributed by atoms with Crippen LogP contribution in [0.3, 0.4) is 0 Å². The molecule has 0 saturated heterocycles. The van der Waals surface area contributed by atoms with Crippen molar-refractivity contribution in [1.82, 2.24) is 19.9 Å². The molecule has 0 aliphatic carbocycles. The molecule has 0 aliphatic rings. The first kappa shape index (κ1) is 18.5. The second-order valence-corrected chi connectivity index (χ2v) is 7.94. The van der Waals surface area contributed by atoms with Crippen LogP contribution >= 0.6 is 11.3 Å². The maximum absolute atomic E-state index is 4.87. The molecule has 4 rings (SSSR count). The molecule has 0 atom stereocenters. The van der Waals surface area contributed by atoms with Crippen LogP contribution in [0.1, 0.15) is 17.0 Å². The lowest BCUT2D eigenvalue weighted by atomic mass is 10.1. The smallest absolute Gasteiger partial charge is 0.146 e. The summed E-state index contributed by atoms with van der Waals surface area (Å²) in [6, 6.07) is 12.5. The highest BCUT2D eigenvalue weighted by Crippen LogP contribution is 2.37. The third-order valence-electron chi connectivity index (χ3n) is 4.61. The average Bonchev–Trinajstić information content (AvgIpc) is 3.11. The number of aromatic nitrogens is 3. The number of benzene rings is 1. The molecule has 1 aromatic carbocycles. The van der Waals surface area contributed by atoms with Crippen LogP contribution in [-0.4, -0.2) is 33.9 Å². The fourth-order valence-electron chi connectivity index (χ4n) is 3.18. The topological polar surface area (TPSA) is 53.9 Å². The summed E-state index contributed by atoms with van der Waals surface area (Å²) in [6.07, 6.45) is 3.72. The normalized spacial score (nSPS) is 11.3. The van der Waals surface area contributed by atoms with Crippen LogP contribution in [0.2, 0.25) is 0 Å². The molecule has 28 heavy (non-hydrogen) atoms. The minimum atomic E-state index is 0.700. The van der Waals surface area contributed by atoms with Gasteiger partial charge in [-0.3, -0.25) is 4.98 Å². The van der Waals surface area contributed by atoms with Gasteiger partial charge in [-0.15, -0.1) is 11.3 Å². The van der Waals surface area contributed by atoms with E-state index in [4.69, 9.17) is 9.97 Å². The summed E-state index contributed by atoms with van der Waals surface area (Å²) >= 11 is 1.67. The van der Waals surface area contributed by atoms with Gasteiger partial charge in [0.15, 0.2) is 0 Å². The molecule has 0 saturated carbocycles. The van der Waals surface area contributed by atoms with Crippen molar-refractivity contribution in [3.63, 3.8) is 0 Å². The molecule has 6 heteroatoms. The summed E-state index contributed by atoms with van der Waals surface area (Å²) in [5.41, 5.74) is 4.74. The van der Waals surface area contributed by atoms with Crippen molar-refractivity contribution >= 4 is 27.4 Å². The van der Waals surface area contributed by atoms with E-state index in [0.717, 1.165) is 21.9 Å². The van der Waals surface area contributed by atoms with Gasteiger partial charge in [0.05, 0.1) is 11.9 Å². The highest BCUT2D eigenvalue weighted by Gasteiger charge is 2.16. The van der Waals surface area contributed by atoms with E-state index in [-0.39, 0.29) is 0 Å². The van der Waals surface area contributed by atoms with Crippen molar-refractivity contribution in [1.29, 1.82) is 0 Å². The van der Waals surface area contributed by atoms with E-state index in [9.17, 15) is 0 Å². The SMILES string of the molecule is Cc1cnccc1CNc1nc(CN(C)C)nc2scc(-c3ccccc3)c12. The Kier molecular flexibility index (Phi) is 5.32. The molecular formula is C22H23N5S. The van der Waals surface area contributed by atoms with E-state index in [1.54, 1.807) is 11.3 Å². The quantitative estimate of drug-likeness (QED) is 0.516. The lowest BCUT2D eigenvalue weighted by Gasteiger charge is -2.13. The van der Waals surface area contributed by atoms with E-state index in [0.29, 0.717) is 13.1 Å². The molecule has 3 aromatic heterocycles. The molecule has 0 amide bonds. The number of rotatable bonds is 6. The number of fused-ring (bicyclic) bond motifs is 1. The number of nitrogens with one attached hydrogen (secondary N) is 1. The number of anilines is 1. The van der Waals surface area contributed by atoms with Crippen molar-refractivity contribution in [2.24, 2.45) is 0 Å². The molecule has 0 aliphatic heterocycles. The van der Waals surface area contributed by atoms with Crippen LogP contribution in [0, 0.1) is 6.92 Å². The van der Waals surface area contributed by atoms with E-state index >= 15 is 0 Å². The van der Waals surface area contributed by atoms with Crippen molar-refractivity contribution < 1.29 is 0 Å². The van der Waals surface area contributed by atoms with Gasteiger partial charge in [0, 0.05) is 29.9 Å². The highest BCUT2D eigenvalue weighted by molar-refractivity contribution is 7.17. The second kappa shape index (κ2) is 8.04. The zero-order chi connectivity index (χ0) is 19.5. The van der Waals surface area contributed by atoms with E-state index in [1.165, 1.54) is 22.3 Å². The van der Waals surface area contributed by atoms with Gasteiger partial charge in [-0.05, 0) is 43.8 Å². The summed E-state index contributed by atoms with van der Waals surface area (Å²) in [7, 11) is 4.07. The Labute approximate surface area is 169 Å². The third kappa shape index (κ3) is 3.88. The lowest BCUT2D eigenvalue weighted by Crippen LogP contribution is -2.14. The summed E-state index contributed by atoms with van der Waals surface area (Å²) in [6.45, 7) is 3.49. The lowest BCUT2D eigenvalue weighted by molar-refractivity contribution is 0.391. The van der Waals surface area contributed by atoms with Crippen LogP contribution in [0.25, 0.3) is 21.3 Å². The standard InChI is InChI=1S/C22H23N5S/c1-15-11-23-10-9-17(15)12-24-21-20-18(16-7-5-4-6-8-16)14-28-22(20)26-19(25-21)13-27(2)3/h4-11,14H,12-13H2,1-3H3,(H,24,25,26). The molecule has 4 aromatic rings. The third-order valence-corrected chi connectivity index (χ3v) is 5.48. The highest BCUT2D eigenvalue weighted by atomic mass is 32.1. The van der Waals surface area contributed by atoms with Gasteiger partial charge in [0.2, 0.25) is 0 Å². The molecule has 0 fully saturated rings.